The van der Waals surface area contributed by atoms with E-state index in [1.807, 2.05) is 0 Å². The smallest absolute Gasteiger partial charge is 0.240 e. The predicted octanol–water partition coefficient (Wildman–Crippen LogP) is 1.70. The summed E-state index contributed by atoms with van der Waals surface area (Å²) in [7, 11) is 0. The maximum absolute atomic E-state index is 12.4. The molecule has 0 saturated heterocycles. The van der Waals surface area contributed by atoms with Crippen molar-refractivity contribution < 1.29 is 9.90 Å². The van der Waals surface area contributed by atoms with E-state index in [0.29, 0.717) is 5.92 Å². The summed E-state index contributed by atoms with van der Waals surface area (Å²) in [6.45, 7) is 2.16. The highest BCUT2D eigenvalue weighted by Gasteiger charge is 2.39. The molecular formula is C15H28N2O2. The average Bonchev–Trinajstić information content (AvgIpc) is 2.54. The fourth-order valence-electron chi connectivity index (χ4n) is 3.57. The van der Waals surface area contributed by atoms with E-state index in [9.17, 15) is 9.90 Å². The minimum atomic E-state index is -0.719. The van der Waals surface area contributed by atoms with E-state index in [1.54, 1.807) is 0 Å². The summed E-state index contributed by atoms with van der Waals surface area (Å²) in [4.78, 5) is 12.4. The van der Waals surface area contributed by atoms with E-state index in [-0.39, 0.29) is 11.9 Å². The monoisotopic (exact) mass is 268 g/mol. The van der Waals surface area contributed by atoms with Gasteiger partial charge in [0, 0.05) is 0 Å². The van der Waals surface area contributed by atoms with Crippen molar-refractivity contribution in [2.75, 3.05) is 0 Å². The van der Waals surface area contributed by atoms with Crippen LogP contribution in [0, 0.1) is 5.92 Å². The quantitative estimate of drug-likeness (QED) is 0.667. The topological polar surface area (TPSA) is 75.4 Å². The first-order valence-corrected chi connectivity index (χ1v) is 7.79. The van der Waals surface area contributed by atoms with E-state index in [4.69, 9.17) is 5.73 Å². The first-order chi connectivity index (χ1) is 9.01. The number of nitrogens with two attached hydrogens (primary N) is 1. The molecular weight excluding hydrogens is 240 g/mol. The van der Waals surface area contributed by atoms with Crippen molar-refractivity contribution in [1.82, 2.24) is 5.32 Å². The summed E-state index contributed by atoms with van der Waals surface area (Å²) in [5, 5.41) is 13.1. The molecule has 4 unspecified atom stereocenters. The van der Waals surface area contributed by atoms with Crippen molar-refractivity contribution in [3.8, 4) is 0 Å². The van der Waals surface area contributed by atoms with Crippen molar-refractivity contribution in [1.29, 1.82) is 0 Å². The van der Waals surface area contributed by atoms with Gasteiger partial charge in [0.05, 0.1) is 17.7 Å². The first kappa shape index (κ1) is 14.8. The molecule has 4 nitrogen and oxygen atoms in total. The van der Waals surface area contributed by atoms with Crippen molar-refractivity contribution in [2.45, 2.75) is 82.4 Å². The predicted molar refractivity (Wildman–Crippen MR) is 75.6 cm³/mol. The van der Waals surface area contributed by atoms with Crippen LogP contribution >= 0.6 is 0 Å². The van der Waals surface area contributed by atoms with E-state index >= 15 is 0 Å². The Labute approximate surface area is 116 Å². The summed E-state index contributed by atoms with van der Waals surface area (Å²) in [6.07, 6.45) is 8.26. The lowest BCUT2D eigenvalue weighted by Gasteiger charge is -2.37. The third-order valence-electron chi connectivity index (χ3n) is 4.78. The minimum Gasteiger partial charge on any atom is -0.391 e. The molecule has 110 valence electrons. The second kappa shape index (κ2) is 6.23. The lowest BCUT2D eigenvalue weighted by Crippen LogP contribution is -2.59. The largest absolute Gasteiger partial charge is 0.391 e. The number of aliphatic hydroxyl groups is 1. The van der Waals surface area contributed by atoms with Crippen LogP contribution in [0.3, 0.4) is 0 Å². The fourth-order valence-corrected chi connectivity index (χ4v) is 3.57. The minimum absolute atomic E-state index is 0.0509. The van der Waals surface area contributed by atoms with Crippen LogP contribution in [-0.4, -0.2) is 28.7 Å². The Bertz CT molecular complexity index is 321. The number of carbonyl (C=O) groups excluding carboxylic acids is 1. The third-order valence-corrected chi connectivity index (χ3v) is 4.78. The van der Waals surface area contributed by atoms with Gasteiger partial charge in [0.1, 0.15) is 0 Å². The highest BCUT2D eigenvalue weighted by atomic mass is 16.3. The lowest BCUT2D eigenvalue weighted by molar-refractivity contribution is -0.129. The number of rotatable bonds is 2. The molecule has 2 rings (SSSR count). The van der Waals surface area contributed by atoms with Crippen LogP contribution < -0.4 is 11.1 Å². The maximum atomic E-state index is 12.4. The SMILES string of the molecule is CC1CCCC(N)(C(=O)NC2CCCCCC2O)C1. The molecule has 0 aliphatic heterocycles. The van der Waals surface area contributed by atoms with Crippen molar-refractivity contribution in [3.05, 3.63) is 0 Å². The standard InChI is InChI=1S/C15H28N2O2/c1-11-6-5-9-15(16,10-11)14(19)17-12-7-3-2-4-8-13(12)18/h11-13,18H,2-10,16H2,1H3,(H,17,19). The first-order valence-electron chi connectivity index (χ1n) is 7.79. The summed E-state index contributed by atoms with van der Waals surface area (Å²) in [6, 6.07) is -0.104. The summed E-state index contributed by atoms with van der Waals surface area (Å²) in [5.74, 6) is 0.466. The third kappa shape index (κ3) is 3.69. The maximum Gasteiger partial charge on any atom is 0.240 e. The molecule has 2 fully saturated rings. The molecule has 0 heterocycles. The zero-order chi connectivity index (χ0) is 13.9. The number of hydrogen-bond acceptors (Lipinski definition) is 3. The Morgan fingerprint density at radius 2 is 1.95 bits per heavy atom. The van der Waals surface area contributed by atoms with Gasteiger partial charge in [-0.2, -0.15) is 0 Å². The highest BCUT2D eigenvalue weighted by Crippen LogP contribution is 2.31. The zero-order valence-corrected chi connectivity index (χ0v) is 12.0. The van der Waals surface area contributed by atoms with Crippen LogP contribution in [-0.2, 0) is 4.79 Å². The van der Waals surface area contributed by atoms with Gasteiger partial charge in [-0.1, -0.05) is 39.0 Å². The second-order valence-corrected chi connectivity index (χ2v) is 6.64. The molecule has 2 aliphatic rings. The van der Waals surface area contributed by atoms with Gasteiger partial charge >= 0.3 is 0 Å². The number of nitrogens with one attached hydrogen (secondary N) is 1. The molecule has 2 aliphatic carbocycles. The molecule has 0 aromatic carbocycles. The molecule has 0 radical (unpaired) electrons. The molecule has 0 aromatic rings. The van der Waals surface area contributed by atoms with Crippen LogP contribution in [0.5, 0.6) is 0 Å². The van der Waals surface area contributed by atoms with Crippen LogP contribution in [0.4, 0.5) is 0 Å². The molecule has 0 aromatic heterocycles. The molecule has 19 heavy (non-hydrogen) atoms. The second-order valence-electron chi connectivity index (χ2n) is 6.64. The van der Waals surface area contributed by atoms with Gasteiger partial charge in [-0.05, 0) is 31.6 Å². The van der Waals surface area contributed by atoms with Crippen molar-refractivity contribution in [2.24, 2.45) is 11.7 Å². The Morgan fingerprint density at radius 3 is 2.68 bits per heavy atom. The van der Waals surface area contributed by atoms with E-state index in [1.165, 1.54) is 0 Å². The Hall–Kier alpha value is -0.610. The summed E-state index contributed by atoms with van der Waals surface area (Å²) in [5.41, 5.74) is 5.58. The molecule has 0 spiro atoms. The van der Waals surface area contributed by atoms with Gasteiger partial charge in [-0.15, -0.1) is 0 Å². The van der Waals surface area contributed by atoms with Crippen LogP contribution in [0.2, 0.25) is 0 Å². The van der Waals surface area contributed by atoms with Crippen LogP contribution in [0.15, 0.2) is 0 Å². The fraction of sp³-hybridized carbons (Fsp3) is 0.933. The number of amides is 1. The van der Waals surface area contributed by atoms with Gasteiger partial charge in [0.25, 0.3) is 0 Å². The van der Waals surface area contributed by atoms with Gasteiger partial charge in [-0.25, -0.2) is 0 Å². The normalized spacial score (nSPS) is 40.5. The molecule has 4 heteroatoms. The Kier molecular flexibility index (Phi) is 4.85. The highest BCUT2D eigenvalue weighted by molar-refractivity contribution is 5.86. The average molecular weight is 268 g/mol. The van der Waals surface area contributed by atoms with Gasteiger partial charge in [-0.3, -0.25) is 4.79 Å². The van der Waals surface area contributed by atoms with Gasteiger partial charge in [0.15, 0.2) is 0 Å². The molecule has 4 atom stereocenters. The van der Waals surface area contributed by atoms with Gasteiger partial charge in [0.2, 0.25) is 5.91 Å². The summed E-state index contributed by atoms with van der Waals surface area (Å²) >= 11 is 0. The molecule has 4 N–H and O–H groups in total. The number of carbonyl (C=O) groups is 1. The number of aliphatic hydroxyl groups excluding tert-OH is 1. The van der Waals surface area contributed by atoms with Gasteiger partial charge < -0.3 is 16.2 Å². The molecule has 0 bridgehead atoms. The molecule has 1 amide bonds. The van der Waals surface area contributed by atoms with Crippen LogP contribution in [0.1, 0.15) is 64.7 Å². The van der Waals surface area contributed by atoms with E-state index in [0.717, 1.165) is 57.8 Å². The lowest BCUT2D eigenvalue weighted by atomic mass is 9.76. The van der Waals surface area contributed by atoms with E-state index < -0.39 is 11.6 Å². The molecule has 2 saturated carbocycles. The van der Waals surface area contributed by atoms with Crippen molar-refractivity contribution in [3.63, 3.8) is 0 Å². The van der Waals surface area contributed by atoms with E-state index in [2.05, 4.69) is 12.2 Å². The van der Waals surface area contributed by atoms with Crippen LogP contribution in [0.25, 0.3) is 0 Å². The Balaban J connectivity index is 1.95. The number of hydrogen-bond donors (Lipinski definition) is 3. The Morgan fingerprint density at radius 1 is 1.21 bits per heavy atom. The van der Waals surface area contributed by atoms with Crippen molar-refractivity contribution >= 4 is 5.91 Å². The zero-order valence-electron chi connectivity index (χ0n) is 12.0. The summed E-state index contributed by atoms with van der Waals surface area (Å²) < 4.78 is 0.